The molecule has 0 amide bonds. The Balaban J connectivity index is 0.00000676. The molecule has 7 heteroatoms. The van der Waals surface area contributed by atoms with E-state index in [1.54, 1.807) is 12.3 Å². The van der Waals surface area contributed by atoms with E-state index in [1.807, 2.05) is 26.8 Å². The summed E-state index contributed by atoms with van der Waals surface area (Å²) >= 11 is 0. The summed E-state index contributed by atoms with van der Waals surface area (Å²) in [6.07, 6.45) is 1.61. The zero-order chi connectivity index (χ0) is 19.0. The Hall–Kier alpha value is -1.54. The van der Waals surface area contributed by atoms with Crippen molar-refractivity contribution < 1.29 is 25.2 Å². The highest BCUT2D eigenvalue weighted by molar-refractivity contribution is 5.97. The zero-order valence-electron chi connectivity index (χ0n) is 16.2. The quantitative estimate of drug-likeness (QED) is 0.354. The van der Waals surface area contributed by atoms with Gasteiger partial charge in [0, 0.05) is 32.3 Å². The molecule has 0 saturated heterocycles. The maximum atomic E-state index is 11.8. The zero-order valence-corrected chi connectivity index (χ0v) is 16.2. The van der Waals surface area contributed by atoms with Crippen molar-refractivity contribution in [2.45, 2.75) is 20.8 Å². The fourth-order valence-corrected chi connectivity index (χ4v) is 2.03. The van der Waals surface area contributed by atoms with Crippen molar-refractivity contribution in [3.05, 3.63) is 23.9 Å². The molecule has 0 spiro atoms. The van der Waals surface area contributed by atoms with Crippen LogP contribution in [0.5, 0.6) is 0 Å². The number of carbonyl (C=O) groups is 1. The number of anilines is 1. The van der Waals surface area contributed by atoms with Crippen LogP contribution in [0.1, 0.15) is 32.6 Å². The molecule has 1 aromatic rings. The van der Waals surface area contributed by atoms with Crippen LogP contribution in [-0.4, -0.2) is 70.2 Å². The van der Waals surface area contributed by atoms with Gasteiger partial charge in [-0.3, -0.25) is 4.79 Å². The molecule has 1 N–H and O–H groups in total. The highest BCUT2D eigenvalue weighted by Gasteiger charge is 2.10. The summed E-state index contributed by atoms with van der Waals surface area (Å²) in [7, 11) is 0. The maximum absolute atomic E-state index is 11.8. The van der Waals surface area contributed by atoms with Gasteiger partial charge < -0.3 is 24.3 Å². The molecule has 0 radical (unpaired) electrons. The molecule has 0 aliphatic carbocycles. The van der Waals surface area contributed by atoms with Crippen molar-refractivity contribution in [3.63, 3.8) is 0 Å². The van der Waals surface area contributed by atoms with Gasteiger partial charge in [-0.15, -0.1) is 0 Å². The van der Waals surface area contributed by atoms with Crippen molar-refractivity contribution in [1.29, 1.82) is 0 Å². The van der Waals surface area contributed by atoms with Crippen molar-refractivity contribution in [3.8, 4) is 0 Å². The largest absolute Gasteiger partial charge is 0.379 e. The molecule has 1 rings (SSSR count). The van der Waals surface area contributed by atoms with Gasteiger partial charge in [0.2, 0.25) is 0 Å². The number of aromatic nitrogens is 1. The van der Waals surface area contributed by atoms with Gasteiger partial charge in [-0.05, 0) is 19.1 Å². The number of hydrogen-bond donors (Lipinski definition) is 1. The minimum absolute atomic E-state index is 0. The normalized spacial score (nSPS) is 11.1. The lowest BCUT2D eigenvalue weighted by molar-refractivity contribution is 0.000609. The van der Waals surface area contributed by atoms with Crippen LogP contribution in [0.25, 0.3) is 0 Å². The molecular weight excluding hydrogens is 336 g/mol. The SMILES string of the molecule is CCOCCOCCOCCOCCNc1ccc(C(=O)C(C)C)cn1.[HH]. The van der Waals surface area contributed by atoms with Gasteiger partial charge in [-0.1, -0.05) is 13.8 Å². The van der Waals surface area contributed by atoms with E-state index < -0.39 is 0 Å². The highest BCUT2D eigenvalue weighted by atomic mass is 16.6. The summed E-state index contributed by atoms with van der Waals surface area (Å²) in [6, 6.07) is 3.60. The molecule has 0 bridgehead atoms. The van der Waals surface area contributed by atoms with E-state index in [4.69, 9.17) is 18.9 Å². The van der Waals surface area contributed by atoms with Crippen molar-refractivity contribution in [2.24, 2.45) is 5.92 Å². The number of ketones is 1. The van der Waals surface area contributed by atoms with E-state index in [9.17, 15) is 4.79 Å². The smallest absolute Gasteiger partial charge is 0.166 e. The fourth-order valence-electron chi connectivity index (χ4n) is 2.03. The number of Topliss-reactive ketones (excluding diaryl/α,β-unsaturated/α-hetero) is 1. The molecule has 0 atom stereocenters. The first kappa shape index (κ1) is 22.5. The second-order valence-corrected chi connectivity index (χ2v) is 5.91. The summed E-state index contributed by atoms with van der Waals surface area (Å²) in [5, 5.41) is 3.16. The van der Waals surface area contributed by atoms with E-state index in [2.05, 4.69) is 10.3 Å². The molecule has 1 heterocycles. The Morgan fingerprint density at radius 1 is 1.00 bits per heavy atom. The van der Waals surface area contributed by atoms with Crippen LogP contribution in [0.3, 0.4) is 0 Å². The summed E-state index contributed by atoms with van der Waals surface area (Å²) in [6.45, 7) is 11.1. The predicted octanol–water partition coefficient (Wildman–Crippen LogP) is 2.66. The highest BCUT2D eigenvalue weighted by Crippen LogP contribution is 2.09. The number of ether oxygens (including phenoxy) is 4. The summed E-state index contributed by atoms with van der Waals surface area (Å²) in [4.78, 5) is 16.1. The molecule has 0 aliphatic heterocycles. The minimum Gasteiger partial charge on any atom is -0.379 e. The lowest BCUT2D eigenvalue weighted by Crippen LogP contribution is -2.15. The third-order valence-electron chi connectivity index (χ3n) is 3.45. The third kappa shape index (κ3) is 10.5. The van der Waals surface area contributed by atoms with E-state index >= 15 is 0 Å². The molecule has 0 unspecified atom stereocenters. The Morgan fingerprint density at radius 2 is 1.58 bits per heavy atom. The van der Waals surface area contributed by atoms with Crippen LogP contribution in [-0.2, 0) is 18.9 Å². The van der Waals surface area contributed by atoms with E-state index in [0.29, 0.717) is 65.0 Å². The van der Waals surface area contributed by atoms with Gasteiger partial charge in [0.1, 0.15) is 5.82 Å². The summed E-state index contributed by atoms with van der Waals surface area (Å²) < 4.78 is 21.4. The van der Waals surface area contributed by atoms with Crippen LogP contribution >= 0.6 is 0 Å². The van der Waals surface area contributed by atoms with E-state index in [1.165, 1.54) is 0 Å². The van der Waals surface area contributed by atoms with Gasteiger partial charge in [0.25, 0.3) is 0 Å². The standard InChI is InChI=1S/C19H32N2O5.H2/c1-4-23-9-10-25-13-14-26-12-11-24-8-7-20-18-6-5-17(15-21-18)19(22)16(2)3;/h5-6,15-16H,4,7-14H2,1-3H3,(H,20,21);1H. The van der Waals surface area contributed by atoms with Gasteiger partial charge in [-0.25, -0.2) is 4.98 Å². The monoisotopic (exact) mass is 370 g/mol. The van der Waals surface area contributed by atoms with E-state index in [-0.39, 0.29) is 13.1 Å². The lowest BCUT2D eigenvalue weighted by atomic mass is 10.0. The van der Waals surface area contributed by atoms with E-state index in [0.717, 1.165) is 5.82 Å². The molecule has 0 saturated carbocycles. The number of nitrogens with zero attached hydrogens (tertiary/aromatic N) is 1. The molecule has 150 valence electrons. The average molecular weight is 370 g/mol. The molecule has 26 heavy (non-hydrogen) atoms. The number of carbonyl (C=O) groups excluding carboxylic acids is 1. The minimum atomic E-state index is -0.0205. The molecule has 1 aromatic heterocycles. The Kier molecular flexibility index (Phi) is 12.6. The number of nitrogens with one attached hydrogen (secondary N) is 1. The average Bonchev–Trinajstić information content (AvgIpc) is 2.65. The van der Waals surface area contributed by atoms with Crippen LogP contribution in [0.15, 0.2) is 18.3 Å². The predicted molar refractivity (Wildman–Crippen MR) is 103 cm³/mol. The maximum Gasteiger partial charge on any atom is 0.166 e. The number of hydrogen-bond acceptors (Lipinski definition) is 7. The first-order valence-corrected chi connectivity index (χ1v) is 9.20. The molecule has 0 fully saturated rings. The van der Waals surface area contributed by atoms with Gasteiger partial charge in [-0.2, -0.15) is 0 Å². The van der Waals surface area contributed by atoms with Crippen LogP contribution in [0.2, 0.25) is 0 Å². The Bertz CT molecular complexity index is 485. The van der Waals surface area contributed by atoms with Gasteiger partial charge in [0.05, 0.1) is 46.2 Å². The fraction of sp³-hybridized carbons (Fsp3) is 0.684. The van der Waals surface area contributed by atoms with Crippen molar-refractivity contribution in [1.82, 2.24) is 4.98 Å². The molecule has 7 nitrogen and oxygen atoms in total. The molecular formula is C19H34N2O5. The van der Waals surface area contributed by atoms with Crippen LogP contribution in [0.4, 0.5) is 5.82 Å². The van der Waals surface area contributed by atoms with Crippen LogP contribution in [0, 0.1) is 5.92 Å². The van der Waals surface area contributed by atoms with Crippen molar-refractivity contribution in [2.75, 3.05) is 64.7 Å². The summed E-state index contributed by atoms with van der Waals surface area (Å²) in [5.74, 6) is 0.814. The van der Waals surface area contributed by atoms with Gasteiger partial charge >= 0.3 is 0 Å². The summed E-state index contributed by atoms with van der Waals surface area (Å²) in [5.41, 5.74) is 0.640. The second-order valence-electron chi connectivity index (χ2n) is 5.91. The van der Waals surface area contributed by atoms with Crippen LogP contribution < -0.4 is 5.32 Å². The number of pyridine rings is 1. The topological polar surface area (TPSA) is 78.9 Å². The van der Waals surface area contributed by atoms with Crippen molar-refractivity contribution >= 4 is 11.6 Å². The number of rotatable bonds is 16. The first-order valence-electron chi connectivity index (χ1n) is 9.20. The Morgan fingerprint density at radius 3 is 2.08 bits per heavy atom. The molecule has 0 aliphatic rings. The first-order chi connectivity index (χ1) is 12.6. The lowest BCUT2D eigenvalue weighted by Gasteiger charge is -2.09. The molecule has 0 aromatic carbocycles. The third-order valence-corrected chi connectivity index (χ3v) is 3.45. The van der Waals surface area contributed by atoms with Gasteiger partial charge in [0.15, 0.2) is 5.78 Å². The second kappa shape index (κ2) is 14.6. The Labute approximate surface area is 157 Å².